The molecule has 1 atom stereocenters. The van der Waals surface area contributed by atoms with Crippen molar-refractivity contribution in [3.05, 3.63) is 59.8 Å². The van der Waals surface area contributed by atoms with Gasteiger partial charge in [-0.2, -0.15) is 0 Å². The quantitative estimate of drug-likeness (QED) is 0.614. The van der Waals surface area contributed by atoms with Gasteiger partial charge in [-0.25, -0.2) is 0 Å². The molecule has 1 fully saturated rings. The molecule has 8 nitrogen and oxygen atoms in total. The molecule has 2 aliphatic rings. The van der Waals surface area contributed by atoms with Gasteiger partial charge in [-0.05, 0) is 37.3 Å². The summed E-state index contributed by atoms with van der Waals surface area (Å²) < 4.78 is 16.8. The first kappa shape index (κ1) is 21.1. The summed E-state index contributed by atoms with van der Waals surface area (Å²) in [6.07, 6.45) is -0.675. The monoisotopic (exact) mass is 447 g/mol. The van der Waals surface area contributed by atoms with Crippen LogP contribution in [0.3, 0.4) is 0 Å². The summed E-state index contributed by atoms with van der Waals surface area (Å²) in [6, 6.07) is 14.8. The Kier molecular flexibility index (Phi) is 5.50. The summed E-state index contributed by atoms with van der Waals surface area (Å²) in [4.78, 5) is 34.3. The third kappa shape index (κ3) is 4.04. The van der Waals surface area contributed by atoms with Gasteiger partial charge in [0.1, 0.15) is 12.4 Å². The van der Waals surface area contributed by atoms with Crippen LogP contribution in [0.1, 0.15) is 16.1 Å². The van der Waals surface area contributed by atoms with E-state index >= 15 is 0 Å². The van der Waals surface area contributed by atoms with Gasteiger partial charge in [0.05, 0.1) is 23.9 Å². The molecule has 1 saturated heterocycles. The van der Waals surface area contributed by atoms with Crippen LogP contribution in [0, 0.1) is 6.92 Å². The fraction of sp³-hybridized carbons (Fsp3) is 0.320. The highest BCUT2D eigenvalue weighted by Crippen LogP contribution is 2.31. The van der Waals surface area contributed by atoms with Crippen molar-refractivity contribution in [3.63, 3.8) is 0 Å². The number of carbonyl (C=O) groups excluding carboxylic acids is 2. The van der Waals surface area contributed by atoms with Crippen molar-refractivity contribution in [2.45, 2.75) is 13.0 Å². The van der Waals surface area contributed by atoms with Gasteiger partial charge < -0.3 is 24.0 Å². The summed E-state index contributed by atoms with van der Waals surface area (Å²) in [5.74, 6) is 1.76. The van der Waals surface area contributed by atoms with Gasteiger partial charge >= 0.3 is 0 Å². The zero-order chi connectivity index (χ0) is 22.9. The van der Waals surface area contributed by atoms with E-state index in [0.717, 1.165) is 16.7 Å². The highest BCUT2D eigenvalue weighted by Gasteiger charge is 2.33. The second-order valence-electron chi connectivity index (χ2n) is 8.16. The zero-order valence-electron chi connectivity index (χ0n) is 18.6. The van der Waals surface area contributed by atoms with Gasteiger partial charge in [-0.1, -0.05) is 12.1 Å². The Bertz CT molecular complexity index is 1220. The minimum absolute atomic E-state index is 0.0732. The molecular weight excluding hydrogens is 422 g/mol. The fourth-order valence-electron chi connectivity index (χ4n) is 4.23. The molecule has 1 aromatic heterocycles. The van der Waals surface area contributed by atoms with Gasteiger partial charge in [-0.3, -0.25) is 14.6 Å². The van der Waals surface area contributed by atoms with Gasteiger partial charge in [0.25, 0.3) is 11.8 Å². The van der Waals surface area contributed by atoms with E-state index < -0.39 is 6.10 Å². The molecule has 0 radical (unpaired) electrons. The number of para-hydroxylation sites is 2. The fourth-order valence-corrected chi connectivity index (χ4v) is 4.23. The molecule has 33 heavy (non-hydrogen) atoms. The number of piperazine rings is 1. The van der Waals surface area contributed by atoms with Gasteiger partial charge in [0.2, 0.25) is 6.10 Å². The normalized spacial score (nSPS) is 17.7. The van der Waals surface area contributed by atoms with Crippen LogP contribution in [0.4, 0.5) is 0 Å². The molecule has 0 bridgehead atoms. The van der Waals surface area contributed by atoms with Gasteiger partial charge in [-0.15, -0.1) is 0 Å². The Labute approximate surface area is 191 Å². The molecule has 3 aromatic rings. The van der Waals surface area contributed by atoms with Gasteiger partial charge in [0, 0.05) is 37.6 Å². The third-order valence-corrected chi connectivity index (χ3v) is 6.11. The van der Waals surface area contributed by atoms with E-state index in [9.17, 15) is 9.59 Å². The molecule has 2 amide bonds. The largest absolute Gasteiger partial charge is 0.497 e. The van der Waals surface area contributed by atoms with E-state index in [-0.39, 0.29) is 18.4 Å². The van der Waals surface area contributed by atoms with Crippen LogP contribution in [-0.2, 0) is 4.79 Å². The highest BCUT2D eigenvalue weighted by molar-refractivity contribution is 5.99. The Hall–Kier alpha value is -3.81. The first-order chi connectivity index (χ1) is 16.0. The predicted octanol–water partition coefficient (Wildman–Crippen LogP) is 2.68. The number of aromatic nitrogens is 1. The minimum Gasteiger partial charge on any atom is -0.497 e. The van der Waals surface area contributed by atoms with Crippen LogP contribution in [-0.4, -0.2) is 72.6 Å². The summed E-state index contributed by atoms with van der Waals surface area (Å²) in [7, 11) is 1.61. The molecular formula is C25H25N3O5. The molecule has 5 rings (SSSR count). The Morgan fingerprint density at radius 3 is 2.48 bits per heavy atom. The van der Waals surface area contributed by atoms with E-state index in [0.29, 0.717) is 48.9 Å². The average Bonchev–Trinajstić information content (AvgIpc) is 2.87. The van der Waals surface area contributed by atoms with Crippen LogP contribution in [0.25, 0.3) is 10.9 Å². The van der Waals surface area contributed by atoms with Gasteiger partial charge in [0.15, 0.2) is 11.5 Å². The smallest absolute Gasteiger partial charge is 0.267 e. The number of carbonyl (C=O) groups is 2. The average molecular weight is 447 g/mol. The number of amides is 2. The van der Waals surface area contributed by atoms with Crippen LogP contribution >= 0.6 is 0 Å². The standard InChI is InChI=1S/C25H25N3O5/c1-16-19(13-17-7-8-18(31-2)14-20(17)26-16)24(29)27-9-11-28(12-10-27)25(30)23-15-32-21-5-3-4-6-22(21)33-23/h3-8,13-14,23H,9-12,15H2,1-2H3. The molecule has 0 N–H and O–H groups in total. The Morgan fingerprint density at radius 1 is 1.00 bits per heavy atom. The number of hydrogen-bond donors (Lipinski definition) is 0. The molecule has 1 unspecified atom stereocenters. The maximum Gasteiger partial charge on any atom is 0.267 e. The maximum atomic E-state index is 13.2. The lowest BCUT2D eigenvalue weighted by Gasteiger charge is -2.37. The van der Waals surface area contributed by atoms with Crippen LogP contribution in [0.5, 0.6) is 17.2 Å². The van der Waals surface area contributed by atoms with Crippen molar-refractivity contribution >= 4 is 22.7 Å². The minimum atomic E-state index is -0.675. The topological polar surface area (TPSA) is 81.2 Å². The first-order valence-corrected chi connectivity index (χ1v) is 11.0. The number of aryl methyl sites for hydroxylation is 1. The van der Waals surface area contributed by atoms with Crippen molar-refractivity contribution in [3.8, 4) is 17.2 Å². The Morgan fingerprint density at radius 2 is 1.73 bits per heavy atom. The molecule has 3 heterocycles. The number of methoxy groups -OCH3 is 1. The summed E-state index contributed by atoms with van der Waals surface area (Å²) in [6.45, 7) is 3.82. The first-order valence-electron chi connectivity index (χ1n) is 11.0. The Balaban J connectivity index is 1.24. The number of pyridine rings is 1. The number of nitrogens with zero attached hydrogens (tertiary/aromatic N) is 3. The number of rotatable bonds is 3. The lowest BCUT2D eigenvalue weighted by atomic mass is 10.1. The van der Waals surface area contributed by atoms with E-state index in [1.54, 1.807) is 23.0 Å². The lowest BCUT2D eigenvalue weighted by Crippen LogP contribution is -2.55. The number of fused-ring (bicyclic) bond motifs is 2. The lowest BCUT2D eigenvalue weighted by molar-refractivity contribution is -0.142. The highest BCUT2D eigenvalue weighted by atomic mass is 16.6. The number of ether oxygens (including phenoxy) is 3. The molecule has 0 spiro atoms. The molecule has 170 valence electrons. The van der Waals surface area contributed by atoms with Crippen molar-refractivity contribution in [2.24, 2.45) is 0 Å². The van der Waals surface area contributed by atoms with Crippen molar-refractivity contribution in [1.82, 2.24) is 14.8 Å². The van der Waals surface area contributed by atoms with Crippen molar-refractivity contribution in [2.75, 3.05) is 39.9 Å². The molecule has 0 aliphatic carbocycles. The van der Waals surface area contributed by atoms with E-state index in [2.05, 4.69) is 4.98 Å². The zero-order valence-corrected chi connectivity index (χ0v) is 18.6. The third-order valence-electron chi connectivity index (χ3n) is 6.11. The number of benzene rings is 2. The predicted molar refractivity (Wildman–Crippen MR) is 122 cm³/mol. The summed E-state index contributed by atoms with van der Waals surface area (Å²) in [5, 5.41) is 0.883. The molecule has 0 saturated carbocycles. The molecule has 8 heteroatoms. The summed E-state index contributed by atoms with van der Waals surface area (Å²) >= 11 is 0. The van der Waals surface area contributed by atoms with Crippen LogP contribution < -0.4 is 14.2 Å². The van der Waals surface area contributed by atoms with E-state index in [1.807, 2.05) is 49.4 Å². The summed E-state index contributed by atoms with van der Waals surface area (Å²) in [5.41, 5.74) is 2.04. The maximum absolute atomic E-state index is 13.2. The molecule has 2 aliphatic heterocycles. The van der Waals surface area contributed by atoms with E-state index in [4.69, 9.17) is 14.2 Å². The SMILES string of the molecule is COc1ccc2cc(C(=O)N3CCN(C(=O)C4COc5ccccc5O4)CC3)c(C)nc2c1. The van der Waals surface area contributed by atoms with Crippen LogP contribution in [0.2, 0.25) is 0 Å². The number of hydrogen-bond acceptors (Lipinski definition) is 6. The van der Waals surface area contributed by atoms with Crippen LogP contribution in [0.15, 0.2) is 48.5 Å². The second kappa shape index (κ2) is 8.61. The molecule has 2 aromatic carbocycles. The van der Waals surface area contributed by atoms with E-state index in [1.165, 1.54) is 0 Å². The van der Waals surface area contributed by atoms with Crippen molar-refractivity contribution < 1.29 is 23.8 Å². The second-order valence-corrected chi connectivity index (χ2v) is 8.16. The van der Waals surface area contributed by atoms with Crippen molar-refractivity contribution in [1.29, 1.82) is 0 Å².